The lowest BCUT2D eigenvalue weighted by atomic mass is 9.82. The Kier molecular flexibility index (Phi) is 4.79. The molecule has 1 fully saturated rings. The van der Waals surface area contributed by atoms with Crippen LogP contribution in [0.5, 0.6) is 5.75 Å². The van der Waals surface area contributed by atoms with E-state index in [0.717, 1.165) is 6.42 Å². The number of hydrogen-bond donors (Lipinski definition) is 2. The van der Waals surface area contributed by atoms with Gasteiger partial charge in [-0.2, -0.15) is 0 Å². The smallest absolute Gasteiger partial charge is 0.263 e. The number of hydrogen-bond acceptors (Lipinski definition) is 3. The van der Waals surface area contributed by atoms with Gasteiger partial charge in [-0.25, -0.2) is 4.39 Å². The fourth-order valence-corrected chi connectivity index (χ4v) is 3.71. The summed E-state index contributed by atoms with van der Waals surface area (Å²) < 4.78 is 14.0. The van der Waals surface area contributed by atoms with Crippen LogP contribution in [0, 0.1) is 5.82 Å². The molecule has 0 aromatic heterocycles. The Hall–Kier alpha value is -1.99. The van der Waals surface area contributed by atoms with Gasteiger partial charge in [-0.3, -0.25) is 9.69 Å². The number of phenolic OH excluding ortho intramolecular Hbond substituents is 1. The predicted octanol–water partition coefficient (Wildman–Crippen LogP) is 3.66. The van der Waals surface area contributed by atoms with Crippen LogP contribution in [0.1, 0.15) is 24.5 Å². The summed E-state index contributed by atoms with van der Waals surface area (Å²) >= 11 is 8.56. The fraction of sp³-hybridized carbons (Fsp3) is 0.222. The second-order valence-corrected chi connectivity index (χ2v) is 7.05. The van der Waals surface area contributed by atoms with Gasteiger partial charge in [-0.05, 0) is 70.0 Å². The summed E-state index contributed by atoms with van der Waals surface area (Å²) in [5, 5.41) is 13.1. The van der Waals surface area contributed by atoms with Crippen LogP contribution in [-0.2, 0) is 10.3 Å². The van der Waals surface area contributed by atoms with E-state index < -0.39 is 11.4 Å². The zero-order valence-corrected chi connectivity index (χ0v) is 15.8. The zero-order valence-electron chi connectivity index (χ0n) is 13.4. The molecular formula is C18H16BrFN2O2S. The van der Waals surface area contributed by atoms with E-state index in [1.165, 1.54) is 23.1 Å². The highest BCUT2D eigenvalue weighted by molar-refractivity contribution is 9.10. The molecule has 1 heterocycles. The van der Waals surface area contributed by atoms with E-state index in [-0.39, 0.29) is 16.1 Å². The summed E-state index contributed by atoms with van der Waals surface area (Å²) in [6.07, 6.45) is 0.756. The molecule has 2 aromatic rings. The molecule has 2 N–H and O–H groups in total. The molecule has 1 aliphatic rings. The third-order valence-corrected chi connectivity index (χ3v) is 5.14. The van der Waals surface area contributed by atoms with Crippen molar-refractivity contribution >= 4 is 39.2 Å². The third kappa shape index (κ3) is 2.91. The summed E-state index contributed by atoms with van der Waals surface area (Å²) in [7, 11) is 0. The first-order chi connectivity index (χ1) is 11.9. The molecule has 1 unspecified atom stereocenters. The first-order valence-electron chi connectivity index (χ1n) is 7.79. The summed E-state index contributed by atoms with van der Waals surface area (Å²) in [6.45, 7) is 2.46. The molecule has 0 aliphatic carbocycles. The number of carbonyl (C=O) groups is 1. The maximum absolute atomic E-state index is 13.7. The van der Waals surface area contributed by atoms with Crippen LogP contribution in [0.3, 0.4) is 0 Å². The summed E-state index contributed by atoms with van der Waals surface area (Å²) in [6, 6.07) is 10.8. The molecule has 4 nitrogen and oxygen atoms in total. The van der Waals surface area contributed by atoms with Crippen LogP contribution in [0.4, 0.5) is 4.39 Å². The van der Waals surface area contributed by atoms with Gasteiger partial charge < -0.3 is 10.4 Å². The van der Waals surface area contributed by atoms with Gasteiger partial charge >= 0.3 is 0 Å². The minimum Gasteiger partial charge on any atom is -0.508 e. The topological polar surface area (TPSA) is 52.6 Å². The van der Waals surface area contributed by atoms with Crippen LogP contribution in [0.25, 0.3) is 0 Å². The van der Waals surface area contributed by atoms with Crippen molar-refractivity contribution in [3.8, 4) is 5.75 Å². The standard InChI is InChI=1S/C18H16BrFN2O2S/c1-2-9-22-16(24)18(21-17(22)25,11-3-6-13(23)7-4-11)12-5-8-15(20)14(19)10-12/h3-8,10,23H,2,9H2,1H3,(H,21,25). The van der Waals surface area contributed by atoms with Crippen molar-refractivity contribution in [2.24, 2.45) is 0 Å². The predicted molar refractivity (Wildman–Crippen MR) is 101 cm³/mol. The first-order valence-corrected chi connectivity index (χ1v) is 8.99. The van der Waals surface area contributed by atoms with E-state index in [0.29, 0.717) is 22.8 Å². The number of benzene rings is 2. The largest absolute Gasteiger partial charge is 0.508 e. The lowest BCUT2D eigenvalue weighted by Gasteiger charge is -2.28. The van der Waals surface area contributed by atoms with Crippen molar-refractivity contribution < 1.29 is 14.3 Å². The number of amides is 1. The van der Waals surface area contributed by atoms with Gasteiger partial charge in [0.15, 0.2) is 10.7 Å². The summed E-state index contributed by atoms with van der Waals surface area (Å²) in [4.78, 5) is 14.8. The maximum atomic E-state index is 13.7. The maximum Gasteiger partial charge on any atom is 0.263 e. The van der Waals surface area contributed by atoms with E-state index in [9.17, 15) is 14.3 Å². The molecule has 130 valence electrons. The highest BCUT2D eigenvalue weighted by atomic mass is 79.9. The van der Waals surface area contributed by atoms with Crippen LogP contribution >= 0.6 is 28.1 Å². The van der Waals surface area contributed by atoms with E-state index in [2.05, 4.69) is 21.2 Å². The highest BCUT2D eigenvalue weighted by Gasteiger charge is 2.51. The number of rotatable bonds is 4. The van der Waals surface area contributed by atoms with Crippen LogP contribution in [0.2, 0.25) is 0 Å². The normalized spacial score (nSPS) is 20.0. The molecule has 7 heteroatoms. The molecule has 0 spiro atoms. The molecule has 2 aromatic carbocycles. The van der Waals surface area contributed by atoms with Gasteiger partial charge in [-0.1, -0.05) is 25.1 Å². The minimum absolute atomic E-state index is 0.0950. The third-order valence-electron chi connectivity index (χ3n) is 4.21. The molecule has 25 heavy (non-hydrogen) atoms. The molecular weight excluding hydrogens is 407 g/mol. The monoisotopic (exact) mass is 422 g/mol. The van der Waals surface area contributed by atoms with Gasteiger partial charge in [-0.15, -0.1) is 0 Å². The minimum atomic E-state index is -1.25. The molecule has 3 rings (SSSR count). The van der Waals surface area contributed by atoms with Gasteiger partial charge in [0.05, 0.1) is 4.47 Å². The molecule has 1 aliphatic heterocycles. The van der Waals surface area contributed by atoms with Crippen molar-refractivity contribution in [3.05, 3.63) is 63.9 Å². The second-order valence-electron chi connectivity index (χ2n) is 5.81. The molecule has 1 saturated heterocycles. The lowest BCUT2D eigenvalue weighted by molar-refractivity contribution is -0.130. The Morgan fingerprint density at radius 2 is 1.88 bits per heavy atom. The number of halogens is 2. The average Bonchev–Trinajstić information content (AvgIpc) is 2.84. The van der Waals surface area contributed by atoms with Crippen molar-refractivity contribution in [3.63, 3.8) is 0 Å². The van der Waals surface area contributed by atoms with Gasteiger partial charge in [0.1, 0.15) is 11.6 Å². The van der Waals surface area contributed by atoms with E-state index in [4.69, 9.17) is 12.2 Å². The quantitative estimate of drug-likeness (QED) is 0.738. The fourth-order valence-electron chi connectivity index (χ4n) is 3.00. The van der Waals surface area contributed by atoms with Crippen LogP contribution in [0.15, 0.2) is 46.9 Å². The number of thiocarbonyl (C=S) groups is 1. The highest BCUT2D eigenvalue weighted by Crippen LogP contribution is 2.38. The van der Waals surface area contributed by atoms with Crippen molar-refractivity contribution in [2.45, 2.75) is 18.9 Å². The Balaban J connectivity index is 2.22. The molecule has 1 amide bonds. The molecule has 0 radical (unpaired) electrons. The lowest BCUT2D eigenvalue weighted by Crippen LogP contribution is -2.45. The van der Waals surface area contributed by atoms with E-state index >= 15 is 0 Å². The van der Waals surface area contributed by atoms with Gasteiger partial charge in [0.25, 0.3) is 5.91 Å². The number of carbonyl (C=O) groups excluding carboxylic acids is 1. The van der Waals surface area contributed by atoms with Crippen molar-refractivity contribution in [2.75, 3.05) is 6.54 Å². The van der Waals surface area contributed by atoms with E-state index in [1.807, 2.05) is 6.92 Å². The van der Waals surface area contributed by atoms with Crippen LogP contribution in [-0.4, -0.2) is 27.6 Å². The Labute approximate surface area is 158 Å². The molecule has 1 atom stereocenters. The van der Waals surface area contributed by atoms with Gasteiger partial charge in [0, 0.05) is 6.54 Å². The van der Waals surface area contributed by atoms with Crippen molar-refractivity contribution in [1.82, 2.24) is 10.2 Å². The average molecular weight is 423 g/mol. The Morgan fingerprint density at radius 3 is 2.48 bits per heavy atom. The van der Waals surface area contributed by atoms with Gasteiger partial charge in [0.2, 0.25) is 0 Å². The number of phenols is 1. The van der Waals surface area contributed by atoms with Crippen LogP contribution < -0.4 is 5.32 Å². The summed E-state index contributed by atoms with van der Waals surface area (Å²) in [5.74, 6) is -0.538. The number of nitrogens with zero attached hydrogens (tertiary/aromatic N) is 1. The van der Waals surface area contributed by atoms with E-state index in [1.54, 1.807) is 24.3 Å². The molecule has 0 saturated carbocycles. The second kappa shape index (κ2) is 6.72. The van der Waals surface area contributed by atoms with Crippen molar-refractivity contribution in [1.29, 1.82) is 0 Å². The number of aromatic hydroxyl groups is 1. The number of nitrogens with one attached hydrogen (secondary N) is 1. The zero-order chi connectivity index (χ0) is 18.2. The Bertz CT molecular complexity index is 843. The Morgan fingerprint density at radius 1 is 1.24 bits per heavy atom. The SMILES string of the molecule is CCCN1C(=O)C(c2ccc(O)cc2)(c2ccc(F)c(Br)c2)NC1=S. The summed E-state index contributed by atoms with van der Waals surface area (Å²) in [5.41, 5.74) is -0.0666. The molecule has 0 bridgehead atoms. The first kappa shape index (κ1) is 17.8.